The topological polar surface area (TPSA) is 20.2 Å². The number of rotatable bonds is 4. The summed E-state index contributed by atoms with van der Waals surface area (Å²) in [5, 5.41) is 10.6. The average molecular weight is 260 g/mol. The van der Waals surface area contributed by atoms with Crippen LogP contribution in [-0.2, 0) is 0 Å². The number of hydrogen-bond acceptors (Lipinski definition) is 1. The SMILES string of the molecule is CCCC1CCC(C(O)c2cc(C)cc(C)c2)CC1. The molecule has 0 radical (unpaired) electrons. The zero-order valence-electron chi connectivity index (χ0n) is 12.7. The fourth-order valence-corrected chi connectivity index (χ4v) is 3.65. The van der Waals surface area contributed by atoms with Crippen molar-refractivity contribution >= 4 is 0 Å². The van der Waals surface area contributed by atoms with E-state index in [0.717, 1.165) is 11.5 Å². The molecular weight excluding hydrogens is 232 g/mol. The maximum absolute atomic E-state index is 10.6. The van der Waals surface area contributed by atoms with E-state index in [-0.39, 0.29) is 6.10 Å². The van der Waals surface area contributed by atoms with Crippen molar-refractivity contribution in [3.8, 4) is 0 Å². The summed E-state index contributed by atoms with van der Waals surface area (Å²) in [5.41, 5.74) is 3.64. The second-order valence-corrected chi connectivity index (χ2v) is 6.44. The molecule has 1 aliphatic rings. The van der Waals surface area contributed by atoms with Gasteiger partial charge in [-0.2, -0.15) is 0 Å². The lowest BCUT2D eigenvalue weighted by molar-refractivity contribution is 0.0721. The Balaban J connectivity index is 1.98. The van der Waals surface area contributed by atoms with Crippen LogP contribution in [0.4, 0.5) is 0 Å². The second kappa shape index (κ2) is 6.56. The van der Waals surface area contributed by atoms with Crippen molar-refractivity contribution < 1.29 is 5.11 Å². The second-order valence-electron chi connectivity index (χ2n) is 6.44. The van der Waals surface area contributed by atoms with E-state index < -0.39 is 0 Å². The molecule has 0 saturated heterocycles. The third kappa shape index (κ3) is 3.82. The van der Waals surface area contributed by atoms with E-state index in [2.05, 4.69) is 39.0 Å². The molecule has 106 valence electrons. The minimum Gasteiger partial charge on any atom is -0.388 e. The lowest BCUT2D eigenvalue weighted by Crippen LogP contribution is -2.20. The van der Waals surface area contributed by atoms with Gasteiger partial charge in [0.05, 0.1) is 6.10 Å². The molecule has 19 heavy (non-hydrogen) atoms. The summed E-state index contributed by atoms with van der Waals surface area (Å²) in [6.07, 6.45) is 7.40. The first-order valence-corrected chi connectivity index (χ1v) is 7.86. The third-order valence-electron chi connectivity index (χ3n) is 4.62. The molecule has 1 aromatic rings. The minimum absolute atomic E-state index is 0.263. The number of aryl methyl sites for hydroxylation is 2. The highest BCUT2D eigenvalue weighted by atomic mass is 16.3. The van der Waals surface area contributed by atoms with E-state index in [1.165, 1.54) is 49.7 Å². The number of aliphatic hydroxyl groups is 1. The van der Waals surface area contributed by atoms with Gasteiger partial charge >= 0.3 is 0 Å². The Morgan fingerprint density at radius 2 is 1.63 bits per heavy atom. The van der Waals surface area contributed by atoms with Gasteiger partial charge in [0.25, 0.3) is 0 Å². The van der Waals surface area contributed by atoms with Crippen LogP contribution in [0.2, 0.25) is 0 Å². The number of hydrogen-bond donors (Lipinski definition) is 1. The van der Waals surface area contributed by atoms with Gasteiger partial charge in [0.1, 0.15) is 0 Å². The smallest absolute Gasteiger partial charge is 0.0818 e. The first-order chi connectivity index (χ1) is 9.10. The predicted octanol–water partition coefficient (Wildman–Crippen LogP) is 4.94. The highest BCUT2D eigenvalue weighted by Gasteiger charge is 2.27. The van der Waals surface area contributed by atoms with Crippen molar-refractivity contribution in [3.63, 3.8) is 0 Å². The van der Waals surface area contributed by atoms with Crippen LogP contribution >= 0.6 is 0 Å². The van der Waals surface area contributed by atoms with E-state index in [9.17, 15) is 5.11 Å². The molecule has 1 nitrogen and oxygen atoms in total. The molecule has 0 amide bonds. The van der Waals surface area contributed by atoms with E-state index in [1.807, 2.05) is 0 Å². The van der Waals surface area contributed by atoms with Crippen LogP contribution in [-0.4, -0.2) is 5.11 Å². The molecule has 1 heteroatoms. The molecular formula is C18H28O. The molecule has 1 fully saturated rings. The zero-order chi connectivity index (χ0) is 13.8. The van der Waals surface area contributed by atoms with Gasteiger partial charge < -0.3 is 5.11 Å². The Labute approximate surface area is 118 Å². The molecule has 1 aromatic carbocycles. The van der Waals surface area contributed by atoms with Crippen LogP contribution in [0, 0.1) is 25.7 Å². The summed E-state index contributed by atoms with van der Waals surface area (Å²) in [7, 11) is 0. The van der Waals surface area contributed by atoms with Crippen molar-refractivity contribution in [1.29, 1.82) is 0 Å². The van der Waals surface area contributed by atoms with Crippen LogP contribution in [0.15, 0.2) is 18.2 Å². The molecule has 0 heterocycles. The highest BCUT2D eigenvalue weighted by Crippen LogP contribution is 2.38. The number of aliphatic hydroxyl groups excluding tert-OH is 1. The molecule has 0 aromatic heterocycles. The maximum atomic E-state index is 10.6. The molecule has 1 N–H and O–H groups in total. The van der Waals surface area contributed by atoms with E-state index in [4.69, 9.17) is 0 Å². The third-order valence-corrected chi connectivity index (χ3v) is 4.62. The Kier molecular flexibility index (Phi) is 5.04. The Morgan fingerprint density at radius 3 is 2.16 bits per heavy atom. The molecule has 1 saturated carbocycles. The van der Waals surface area contributed by atoms with Gasteiger partial charge in [-0.05, 0) is 44.1 Å². The first-order valence-electron chi connectivity index (χ1n) is 7.86. The van der Waals surface area contributed by atoms with Gasteiger partial charge in [0, 0.05) is 0 Å². The van der Waals surface area contributed by atoms with E-state index in [0.29, 0.717) is 5.92 Å². The predicted molar refractivity (Wildman–Crippen MR) is 81.2 cm³/mol. The van der Waals surface area contributed by atoms with Crippen molar-refractivity contribution in [2.45, 2.75) is 65.4 Å². The summed E-state index contributed by atoms with van der Waals surface area (Å²) in [6.45, 7) is 6.50. The molecule has 0 spiro atoms. The van der Waals surface area contributed by atoms with Crippen molar-refractivity contribution in [3.05, 3.63) is 34.9 Å². The monoisotopic (exact) mass is 260 g/mol. The molecule has 1 unspecified atom stereocenters. The van der Waals surface area contributed by atoms with Crippen LogP contribution in [0.5, 0.6) is 0 Å². The largest absolute Gasteiger partial charge is 0.388 e. The fourth-order valence-electron chi connectivity index (χ4n) is 3.65. The minimum atomic E-state index is -0.263. The van der Waals surface area contributed by atoms with Crippen molar-refractivity contribution in [1.82, 2.24) is 0 Å². The molecule has 1 atom stereocenters. The molecule has 0 bridgehead atoms. The van der Waals surface area contributed by atoms with Crippen LogP contribution in [0.3, 0.4) is 0 Å². The quantitative estimate of drug-likeness (QED) is 0.812. The van der Waals surface area contributed by atoms with Gasteiger partial charge in [-0.3, -0.25) is 0 Å². The molecule has 2 rings (SSSR count). The zero-order valence-corrected chi connectivity index (χ0v) is 12.7. The van der Waals surface area contributed by atoms with Gasteiger partial charge in [-0.15, -0.1) is 0 Å². The van der Waals surface area contributed by atoms with Gasteiger partial charge in [0.15, 0.2) is 0 Å². The van der Waals surface area contributed by atoms with Gasteiger partial charge in [-0.1, -0.05) is 61.9 Å². The maximum Gasteiger partial charge on any atom is 0.0818 e. The number of benzene rings is 1. The molecule has 1 aliphatic carbocycles. The molecule has 0 aliphatic heterocycles. The van der Waals surface area contributed by atoms with E-state index in [1.54, 1.807) is 0 Å². The Hall–Kier alpha value is -0.820. The van der Waals surface area contributed by atoms with Gasteiger partial charge in [0.2, 0.25) is 0 Å². The van der Waals surface area contributed by atoms with Crippen LogP contribution in [0.25, 0.3) is 0 Å². The summed E-state index contributed by atoms with van der Waals surface area (Å²) < 4.78 is 0. The lowest BCUT2D eigenvalue weighted by atomic mass is 9.76. The lowest BCUT2D eigenvalue weighted by Gasteiger charge is -2.31. The highest BCUT2D eigenvalue weighted by molar-refractivity contribution is 5.30. The standard InChI is InChI=1S/C18H28O/c1-4-5-15-6-8-16(9-7-15)18(19)17-11-13(2)10-14(3)12-17/h10-12,15-16,18-19H,4-9H2,1-3H3. The summed E-state index contributed by atoms with van der Waals surface area (Å²) >= 11 is 0. The average Bonchev–Trinajstić information content (AvgIpc) is 2.38. The fraction of sp³-hybridized carbons (Fsp3) is 0.667. The summed E-state index contributed by atoms with van der Waals surface area (Å²) in [4.78, 5) is 0. The normalized spacial score (nSPS) is 25.3. The Bertz CT molecular complexity index is 382. The van der Waals surface area contributed by atoms with Crippen LogP contribution in [0.1, 0.15) is 68.2 Å². The van der Waals surface area contributed by atoms with E-state index >= 15 is 0 Å². The van der Waals surface area contributed by atoms with Gasteiger partial charge in [-0.25, -0.2) is 0 Å². The Morgan fingerprint density at radius 1 is 1.05 bits per heavy atom. The van der Waals surface area contributed by atoms with Crippen molar-refractivity contribution in [2.75, 3.05) is 0 Å². The van der Waals surface area contributed by atoms with Crippen molar-refractivity contribution in [2.24, 2.45) is 11.8 Å². The summed E-state index contributed by atoms with van der Waals surface area (Å²) in [5.74, 6) is 1.38. The van der Waals surface area contributed by atoms with Crippen LogP contribution < -0.4 is 0 Å². The first kappa shape index (κ1) is 14.6. The summed E-state index contributed by atoms with van der Waals surface area (Å²) in [6, 6.07) is 6.47.